The Morgan fingerprint density at radius 3 is 2.08 bits per heavy atom. The van der Waals surface area contributed by atoms with Gasteiger partial charge < -0.3 is 14.0 Å². The summed E-state index contributed by atoms with van der Waals surface area (Å²) in [6.07, 6.45) is 10.9. The van der Waals surface area contributed by atoms with E-state index in [-0.39, 0.29) is 12.0 Å². The molecule has 2 aromatic heterocycles. The number of benzene rings is 7. The molecule has 0 spiro atoms. The monoisotopic (exact) mass is 859 g/mol. The lowest BCUT2D eigenvalue weighted by molar-refractivity contribution is 0.704. The van der Waals surface area contributed by atoms with Crippen LogP contribution in [0.1, 0.15) is 60.9 Å². The van der Waals surface area contributed by atoms with E-state index in [1.807, 2.05) is 11.8 Å². The van der Waals surface area contributed by atoms with Crippen LogP contribution in [0.15, 0.2) is 185 Å². The quantitative estimate of drug-likeness (QED) is 0.165. The smallest absolute Gasteiger partial charge is 0.0630 e. The Hall–Kier alpha value is -6.75. The van der Waals surface area contributed by atoms with Crippen LogP contribution >= 0.6 is 11.8 Å². The molecule has 0 bridgehead atoms. The van der Waals surface area contributed by atoms with Gasteiger partial charge in [0.05, 0.1) is 17.1 Å². The van der Waals surface area contributed by atoms with Crippen molar-refractivity contribution in [3.05, 3.63) is 208 Å². The third-order valence-electron chi connectivity index (χ3n) is 14.5. The van der Waals surface area contributed by atoms with E-state index >= 15 is 0 Å². The molecule has 7 aromatic carbocycles. The Balaban J connectivity index is 0.982. The molecule has 2 aliphatic carbocycles. The number of rotatable bonds is 6. The van der Waals surface area contributed by atoms with Crippen molar-refractivity contribution in [2.24, 2.45) is 13.0 Å². The van der Waals surface area contributed by atoms with Gasteiger partial charge in [-0.2, -0.15) is 0 Å². The van der Waals surface area contributed by atoms with Crippen molar-refractivity contribution in [2.45, 2.75) is 64.8 Å². The van der Waals surface area contributed by atoms with E-state index in [0.29, 0.717) is 5.92 Å². The van der Waals surface area contributed by atoms with Crippen molar-refractivity contribution >= 4 is 72.3 Å². The molecule has 3 heterocycles. The van der Waals surface area contributed by atoms with Crippen LogP contribution in [0.25, 0.3) is 66.0 Å². The first-order valence-electron chi connectivity index (χ1n) is 23.2. The van der Waals surface area contributed by atoms with Gasteiger partial charge in [0.25, 0.3) is 0 Å². The Bertz CT molecular complexity index is 3570. The van der Waals surface area contributed by atoms with E-state index in [2.05, 4.69) is 226 Å². The fourth-order valence-electron chi connectivity index (χ4n) is 12.0. The maximum absolute atomic E-state index is 2.54. The Morgan fingerprint density at radius 2 is 1.28 bits per heavy atom. The summed E-state index contributed by atoms with van der Waals surface area (Å²) in [7, 11) is 2.18. The molecule has 2 unspecified atom stereocenters. The van der Waals surface area contributed by atoms with Gasteiger partial charge in [-0.15, -0.1) is 0 Å². The van der Waals surface area contributed by atoms with Gasteiger partial charge in [-0.1, -0.05) is 115 Å². The molecule has 0 saturated heterocycles. The summed E-state index contributed by atoms with van der Waals surface area (Å²) >= 11 is 1.89. The summed E-state index contributed by atoms with van der Waals surface area (Å²) in [5, 5.41) is 5.13. The van der Waals surface area contributed by atoms with E-state index in [4.69, 9.17) is 0 Å². The molecule has 1 aliphatic heterocycles. The summed E-state index contributed by atoms with van der Waals surface area (Å²) in [6, 6.07) is 53.0. The molecule has 0 amide bonds. The fourth-order valence-corrected chi connectivity index (χ4v) is 13.0. The number of hydrogen-bond acceptors (Lipinski definition) is 2. The highest BCUT2D eigenvalue weighted by Crippen LogP contribution is 2.51. The minimum Gasteiger partial charge on any atom is -0.344 e. The summed E-state index contributed by atoms with van der Waals surface area (Å²) in [5.41, 5.74) is 22.2. The second-order valence-electron chi connectivity index (χ2n) is 19.0. The van der Waals surface area contributed by atoms with Crippen LogP contribution in [0.3, 0.4) is 0 Å². The molecule has 0 N–H and O–H groups in total. The van der Waals surface area contributed by atoms with E-state index in [1.54, 1.807) is 0 Å². The minimum atomic E-state index is 0.197. The highest BCUT2D eigenvalue weighted by molar-refractivity contribution is 8.03. The van der Waals surface area contributed by atoms with Gasteiger partial charge >= 0.3 is 0 Å². The molecule has 0 radical (unpaired) electrons. The number of nitrogens with zero attached hydrogens (tertiary/aromatic N) is 3. The van der Waals surface area contributed by atoms with E-state index < -0.39 is 0 Å². The van der Waals surface area contributed by atoms with Gasteiger partial charge in [0.2, 0.25) is 0 Å². The van der Waals surface area contributed by atoms with Gasteiger partial charge in [-0.3, -0.25) is 0 Å². The zero-order valence-corrected chi connectivity index (χ0v) is 39.1. The first-order valence-corrected chi connectivity index (χ1v) is 24.0. The van der Waals surface area contributed by atoms with Crippen LogP contribution in [-0.4, -0.2) is 15.2 Å². The molecule has 0 fully saturated rings. The topological polar surface area (TPSA) is 13.1 Å². The lowest BCUT2D eigenvalue weighted by Gasteiger charge is -2.29. The maximum Gasteiger partial charge on any atom is 0.0630 e. The Morgan fingerprint density at radius 1 is 0.585 bits per heavy atom. The lowest BCUT2D eigenvalue weighted by Crippen LogP contribution is -2.28. The molecule has 12 rings (SSSR count). The SMILES string of the molecule is CC1=CC(C)CC(C)=C1c1ccc2c(c1)c1cc(SC3=CC4c5cc(-c6c(C)cc(C)cc6C)ccc5N(c5ccccc5)[C@@H]4C=C3)ccc1n2-c1ccc2c(c1)c1ccccc1n2C. The summed E-state index contributed by atoms with van der Waals surface area (Å²) in [5.74, 6) is 0.779. The van der Waals surface area contributed by atoms with Crippen LogP contribution in [0.4, 0.5) is 11.4 Å². The molecular weight excluding hydrogens is 807 g/mol. The predicted molar refractivity (Wildman–Crippen MR) is 279 cm³/mol. The number of aromatic nitrogens is 2. The van der Waals surface area contributed by atoms with Crippen molar-refractivity contribution in [1.82, 2.24) is 9.13 Å². The number of allylic oxidation sites excluding steroid dienone is 5. The number of para-hydroxylation sites is 2. The molecule has 0 saturated carbocycles. The van der Waals surface area contributed by atoms with Crippen molar-refractivity contribution in [2.75, 3.05) is 4.90 Å². The molecule has 3 atom stereocenters. The van der Waals surface area contributed by atoms with Crippen LogP contribution < -0.4 is 4.90 Å². The zero-order chi connectivity index (χ0) is 44.2. The van der Waals surface area contributed by atoms with Crippen molar-refractivity contribution < 1.29 is 0 Å². The molecule has 3 aliphatic rings. The van der Waals surface area contributed by atoms with E-state index in [9.17, 15) is 0 Å². The number of fused-ring (bicyclic) bond motifs is 9. The molecule has 65 heavy (non-hydrogen) atoms. The average Bonchev–Trinajstić information content (AvgIpc) is 3.90. The third kappa shape index (κ3) is 6.40. The number of thioether (sulfide) groups is 1. The second kappa shape index (κ2) is 15.2. The van der Waals surface area contributed by atoms with Crippen LogP contribution in [-0.2, 0) is 7.05 Å². The van der Waals surface area contributed by atoms with Crippen molar-refractivity contribution in [3.8, 4) is 16.8 Å². The number of anilines is 2. The molecule has 9 aromatic rings. The van der Waals surface area contributed by atoms with E-state index in [1.165, 1.54) is 126 Å². The van der Waals surface area contributed by atoms with Gasteiger partial charge in [-0.25, -0.2) is 0 Å². The molecular formula is C61H53N3S. The third-order valence-corrected chi connectivity index (χ3v) is 15.5. The largest absolute Gasteiger partial charge is 0.344 e. The van der Waals surface area contributed by atoms with Crippen LogP contribution in [0, 0.1) is 26.7 Å². The zero-order valence-electron chi connectivity index (χ0n) is 38.3. The number of aryl methyl sites for hydroxylation is 4. The van der Waals surface area contributed by atoms with Gasteiger partial charge in [0.15, 0.2) is 0 Å². The highest BCUT2D eigenvalue weighted by Gasteiger charge is 2.39. The van der Waals surface area contributed by atoms with Gasteiger partial charge in [-0.05, 0) is 170 Å². The normalized spacial score (nSPS) is 18.3. The molecule has 4 heteroatoms. The minimum absolute atomic E-state index is 0.197. The predicted octanol–water partition coefficient (Wildman–Crippen LogP) is 16.6. The maximum atomic E-state index is 2.54. The first kappa shape index (κ1) is 39.8. The summed E-state index contributed by atoms with van der Waals surface area (Å²) in [6.45, 7) is 13.7. The Kier molecular flexibility index (Phi) is 9.30. The van der Waals surface area contributed by atoms with Crippen molar-refractivity contribution in [1.29, 1.82) is 0 Å². The van der Waals surface area contributed by atoms with Gasteiger partial charge in [0, 0.05) is 72.4 Å². The van der Waals surface area contributed by atoms with Gasteiger partial charge in [0.1, 0.15) is 0 Å². The summed E-state index contributed by atoms with van der Waals surface area (Å²) in [4.78, 5) is 5.07. The standard InChI is InChI=1S/C61H53N3S/c1-36-27-38(3)60(39(4)28-36)42-17-22-56-49(31-42)52-34-46(20-25-58(52)63(56)44-13-9-8-10-14-44)65-47-21-26-59-53(35-47)50-32-43(61-40(5)29-37(2)30-41(61)6)18-23-57(50)64(59)45-19-24-55-51(33-45)48-15-11-12-16-54(48)62(55)7/h8-29,31-35,37,52,58H,30H2,1-7H3/t37?,52?,58-/m1/s1. The van der Waals surface area contributed by atoms with Crippen LogP contribution in [0.2, 0.25) is 0 Å². The van der Waals surface area contributed by atoms with Crippen LogP contribution in [0.5, 0.6) is 0 Å². The highest BCUT2D eigenvalue weighted by atomic mass is 32.2. The first-order chi connectivity index (χ1) is 31.6. The average molecular weight is 860 g/mol. The number of hydrogen-bond donors (Lipinski definition) is 0. The Labute approximate surface area is 386 Å². The van der Waals surface area contributed by atoms with E-state index in [0.717, 1.165) is 6.42 Å². The molecule has 318 valence electrons. The fraction of sp³-hybridized carbons (Fsp3) is 0.180. The summed E-state index contributed by atoms with van der Waals surface area (Å²) < 4.78 is 4.81. The van der Waals surface area contributed by atoms with Crippen molar-refractivity contribution in [3.63, 3.8) is 0 Å². The second-order valence-corrected chi connectivity index (χ2v) is 20.2. The molecule has 3 nitrogen and oxygen atoms in total. The lowest BCUT2D eigenvalue weighted by atomic mass is 9.83.